The molecule has 2 rings (SSSR count). The maximum atomic E-state index is 11.8. The van der Waals surface area contributed by atoms with Crippen LogP contribution in [0.4, 0.5) is 0 Å². The first-order valence-electron chi connectivity index (χ1n) is 6.80. The molecule has 2 aliphatic rings. The summed E-state index contributed by atoms with van der Waals surface area (Å²) in [6.45, 7) is 8.33. The Morgan fingerprint density at radius 3 is 2.65 bits per heavy atom. The molecule has 2 nitrogen and oxygen atoms in total. The molecular weight excluding hydrogens is 212 g/mol. The summed E-state index contributed by atoms with van der Waals surface area (Å²) in [6.07, 6.45) is 3.28. The molecule has 1 N–H and O–H groups in total. The van der Waals surface area contributed by atoms with Crippen molar-refractivity contribution in [2.24, 2.45) is 17.8 Å². The zero-order chi connectivity index (χ0) is 12.8. The number of carbonyl (C=O) groups excluding carboxylic acids is 1. The van der Waals surface area contributed by atoms with Crippen LogP contribution < -0.4 is 0 Å². The van der Waals surface area contributed by atoms with Gasteiger partial charge in [-0.25, -0.2) is 0 Å². The van der Waals surface area contributed by atoms with E-state index in [2.05, 4.69) is 20.8 Å². The molecule has 0 aromatic heterocycles. The molecule has 1 saturated carbocycles. The Balaban J connectivity index is 2.37. The van der Waals surface area contributed by atoms with Gasteiger partial charge in [0.2, 0.25) is 0 Å². The summed E-state index contributed by atoms with van der Waals surface area (Å²) < 4.78 is 0. The molecule has 0 amide bonds. The minimum atomic E-state index is -0.607. The molecule has 0 bridgehead atoms. The first-order valence-corrected chi connectivity index (χ1v) is 6.80. The Kier molecular flexibility index (Phi) is 3.19. The maximum absolute atomic E-state index is 11.8. The van der Waals surface area contributed by atoms with E-state index in [0.29, 0.717) is 30.5 Å². The number of Topliss-reactive ketones (excluding diaryl/α,β-unsaturated/α-hetero) is 1. The summed E-state index contributed by atoms with van der Waals surface area (Å²) in [5, 5.41) is 10.8. The summed E-state index contributed by atoms with van der Waals surface area (Å²) >= 11 is 0. The summed E-state index contributed by atoms with van der Waals surface area (Å²) in [7, 11) is 0. The van der Waals surface area contributed by atoms with Crippen LogP contribution >= 0.6 is 0 Å². The lowest BCUT2D eigenvalue weighted by molar-refractivity contribution is -0.115. The van der Waals surface area contributed by atoms with Crippen molar-refractivity contribution in [1.82, 2.24) is 0 Å². The average Bonchev–Trinajstić information content (AvgIpc) is 2.45. The SMILES string of the molecule is CC1=C2C[C@@](O)(C(C)C)CC[C@H](C)[C@@H]2CC1=O. The molecular formula is C15H24O2. The minimum absolute atomic E-state index is 0.254. The summed E-state index contributed by atoms with van der Waals surface area (Å²) in [5.74, 6) is 1.48. The fraction of sp³-hybridized carbons (Fsp3) is 0.800. The molecule has 0 unspecified atom stereocenters. The van der Waals surface area contributed by atoms with E-state index in [-0.39, 0.29) is 5.92 Å². The van der Waals surface area contributed by atoms with E-state index >= 15 is 0 Å². The van der Waals surface area contributed by atoms with Gasteiger partial charge in [0.05, 0.1) is 5.60 Å². The Bertz CT molecular complexity index is 367. The highest BCUT2D eigenvalue weighted by molar-refractivity contribution is 5.98. The highest BCUT2D eigenvalue weighted by Gasteiger charge is 2.43. The molecule has 1 fully saturated rings. The second-order valence-electron chi connectivity index (χ2n) is 6.34. The van der Waals surface area contributed by atoms with E-state index < -0.39 is 5.60 Å². The molecule has 0 heterocycles. The van der Waals surface area contributed by atoms with Crippen molar-refractivity contribution in [1.29, 1.82) is 0 Å². The van der Waals surface area contributed by atoms with Crippen molar-refractivity contribution in [2.45, 2.75) is 59.0 Å². The quantitative estimate of drug-likeness (QED) is 0.759. The molecule has 3 atom stereocenters. The normalized spacial score (nSPS) is 38.6. The van der Waals surface area contributed by atoms with Gasteiger partial charge in [-0.05, 0) is 49.5 Å². The summed E-state index contributed by atoms with van der Waals surface area (Å²) in [4.78, 5) is 11.8. The summed E-state index contributed by atoms with van der Waals surface area (Å²) in [6, 6.07) is 0. The van der Waals surface area contributed by atoms with Crippen LogP contribution in [0, 0.1) is 17.8 Å². The lowest BCUT2D eigenvalue weighted by atomic mass is 9.81. The van der Waals surface area contributed by atoms with Crippen LogP contribution in [0.3, 0.4) is 0 Å². The van der Waals surface area contributed by atoms with Crippen LogP contribution in [-0.2, 0) is 4.79 Å². The third-order valence-electron chi connectivity index (χ3n) is 5.04. The van der Waals surface area contributed by atoms with Gasteiger partial charge in [-0.1, -0.05) is 26.3 Å². The predicted molar refractivity (Wildman–Crippen MR) is 68.6 cm³/mol. The van der Waals surface area contributed by atoms with Gasteiger partial charge in [-0.15, -0.1) is 0 Å². The van der Waals surface area contributed by atoms with Gasteiger partial charge in [0, 0.05) is 6.42 Å². The van der Waals surface area contributed by atoms with Crippen LogP contribution in [0.25, 0.3) is 0 Å². The zero-order valence-corrected chi connectivity index (χ0v) is 11.4. The number of carbonyl (C=O) groups is 1. The predicted octanol–water partition coefficient (Wildman–Crippen LogP) is 3.10. The van der Waals surface area contributed by atoms with Crippen molar-refractivity contribution in [3.8, 4) is 0 Å². The number of aliphatic hydroxyl groups is 1. The Morgan fingerprint density at radius 1 is 1.41 bits per heavy atom. The highest BCUT2D eigenvalue weighted by atomic mass is 16.3. The topological polar surface area (TPSA) is 37.3 Å². The Hall–Kier alpha value is -0.630. The first kappa shape index (κ1) is 12.8. The van der Waals surface area contributed by atoms with Gasteiger partial charge in [-0.2, -0.15) is 0 Å². The molecule has 0 spiro atoms. The molecule has 2 aliphatic carbocycles. The number of rotatable bonds is 1. The van der Waals surface area contributed by atoms with Gasteiger partial charge in [0.15, 0.2) is 5.78 Å². The average molecular weight is 236 g/mol. The second kappa shape index (κ2) is 4.24. The molecule has 0 radical (unpaired) electrons. The second-order valence-corrected chi connectivity index (χ2v) is 6.34. The third kappa shape index (κ3) is 2.08. The minimum Gasteiger partial charge on any atom is -0.389 e. The number of ketones is 1. The molecule has 0 aromatic carbocycles. The van der Waals surface area contributed by atoms with E-state index in [9.17, 15) is 9.90 Å². The smallest absolute Gasteiger partial charge is 0.159 e. The van der Waals surface area contributed by atoms with Gasteiger partial charge in [0.25, 0.3) is 0 Å². The molecule has 0 aliphatic heterocycles. The molecule has 0 saturated heterocycles. The van der Waals surface area contributed by atoms with Crippen molar-refractivity contribution in [3.05, 3.63) is 11.1 Å². The summed E-state index contributed by atoms with van der Waals surface area (Å²) in [5.41, 5.74) is 1.57. The van der Waals surface area contributed by atoms with Gasteiger partial charge < -0.3 is 5.11 Å². The number of hydrogen-bond donors (Lipinski definition) is 1. The Morgan fingerprint density at radius 2 is 2.06 bits per heavy atom. The van der Waals surface area contributed by atoms with E-state index in [4.69, 9.17) is 0 Å². The van der Waals surface area contributed by atoms with Crippen LogP contribution in [-0.4, -0.2) is 16.5 Å². The fourth-order valence-corrected chi connectivity index (χ4v) is 3.33. The van der Waals surface area contributed by atoms with Crippen LogP contribution in [0.15, 0.2) is 11.1 Å². The van der Waals surface area contributed by atoms with E-state index in [1.165, 1.54) is 5.57 Å². The van der Waals surface area contributed by atoms with Gasteiger partial charge in [0.1, 0.15) is 0 Å². The largest absolute Gasteiger partial charge is 0.389 e. The van der Waals surface area contributed by atoms with Crippen LogP contribution in [0.1, 0.15) is 53.4 Å². The molecule has 17 heavy (non-hydrogen) atoms. The fourth-order valence-electron chi connectivity index (χ4n) is 3.33. The van der Waals surface area contributed by atoms with Crippen molar-refractivity contribution in [2.75, 3.05) is 0 Å². The van der Waals surface area contributed by atoms with Crippen molar-refractivity contribution < 1.29 is 9.90 Å². The van der Waals surface area contributed by atoms with Crippen LogP contribution in [0.5, 0.6) is 0 Å². The third-order valence-corrected chi connectivity index (χ3v) is 5.04. The highest BCUT2D eigenvalue weighted by Crippen LogP contribution is 2.46. The first-order chi connectivity index (χ1) is 7.85. The van der Waals surface area contributed by atoms with E-state index in [1.807, 2.05) is 6.92 Å². The van der Waals surface area contributed by atoms with E-state index in [1.54, 1.807) is 0 Å². The van der Waals surface area contributed by atoms with Crippen molar-refractivity contribution >= 4 is 5.78 Å². The number of allylic oxidation sites excluding steroid dienone is 1. The van der Waals surface area contributed by atoms with Gasteiger partial charge in [-0.3, -0.25) is 4.79 Å². The standard InChI is InChI=1S/C15H24O2/c1-9(2)15(17)6-5-10(3)12-7-14(16)11(4)13(12)8-15/h9-10,12,17H,5-8H2,1-4H3/t10-,12-,15+/m0/s1. The molecule has 2 heteroatoms. The zero-order valence-electron chi connectivity index (χ0n) is 11.4. The lowest BCUT2D eigenvalue weighted by Gasteiger charge is -2.31. The molecule has 0 aromatic rings. The number of hydrogen-bond acceptors (Lipinski definition) is 2. The molecule has 96 valence electrons. The monoisotopic (exact) mass is 236 g/mol. The lowest BCUT2D eigenvalue weighted by Crippen LogP contribution is -2.34. The van der Waals surface area contributed by atoms with Gasteiger partial charge >= 0.3 is 0 Å². The van der Waals surface area contributed by atoms with Crippen LogP contribution in [0.2, 0.25) is 0 Å². The number of fused-ring (bicyclic) bond motifs is 1. The Labute approximate surface area is 104 Å². The van der Waals surface area contributed by atoms with Crippen molar-refractivity contribution in [3.63, 3.8) is 0 Å². The van der Waals surface area contributed by atoms with E-state index in [0.717, 1.165) is 18.4 Å². The maximum Gasteiger partial charge on any atom is 0.159 e.